The quantitative estimate of drug-likeness (QED) is 0.822. The number of likely N-dealkylation sites (N-methyl/N-ethyl adjacent to an activating group) is 1. The van der Waals surface area contributed by atoms with Crippen LogP contribution in [0.4, 0.5) is 5.69 Å². The van der Waals surface area contributed by atoms with Gasteiger partial charge in [-0.3, -0.25) is 4.79 Å². The van der Waals surface area contributed by atoms with Gasteiger partial charge in [-0.2, -0.15) is 11.8 Å². The molecule has 1 atom stereocenters. The number of amides is 1. The molecule has 18 heavy (non-hydrogen) atoms. The summed E-state index contributed by atoms with van der Waals surface area (Å²) >= 11 is 1.70. The third-order valence-corrected chi connectivity index (χ3v) is 3.56. The maximum atomic E-state index is 11.5. The summed E-state index contributed by atoms with van der Waals surface area (Å²) < 4.78 is 0. The third-order valence-electron chi connectivity index (χ3n) is 2.95. The molecule has 0 bridgehead atoms. The van der Waals surface area contributed by atoms with Crippen LogP contribution in [0.1, 0.15) is 13.3 Å². The first kappa shape index (κ1) is 14.9. The molecule has 4 heteroatoms. The van der Waals surface area contributed by atoms with Gasteiger partial charge in [0, 0.05) is 37.5 Å². The second-order valence-electron chi connectivity index (χ2n) is 4.34. The number of anilines is 1. The van der Waals surface area contributed by atoms with Crippen LogP contribution >= 0.6 is 11.8 Å². The molecule has 0 aromatic heterocycles. The van der Waals surface area contributed by atoms with Crippen molar-refractivity contribution in [2.24, 2.45) is 0 Å². The van der Waals surface area contributed by atoms with Crippen LogP contribution < -0.4 is 10.2 Å². The lowest BCUT2D eigenvalue weighted by Gasteiger charge is -2.27. The molecule has 0 aliphatic rings. The summed E-state index contributed by atoms with van der Waals surface area (Å²) in [6.45, 7) is 2.79. The van der Waals surface area contributed by atoms with Crippen molar-refractivity contribution in [3.05, 3.63) is 30.3 Å². The van der Waals surface area contributed by atoms with Crippen molar-refractivity contribution in [2.45, 2.75) is 19.4 Å². The molecule has 1 aromatic rings. The maximum absolute atomic E-state index is 11.5. The van der Waals surface area contributed by atoms with Crippen molar-refractivity contribution in [1.82, 2.24) is 5.32 Å². The van der Waals surface area contributed by atoms with Crippen molar-refractivity contribution in [1.29, 1.82) is 0 Å². The normalized spacial score (nSPS) is 11.9. The molecule has 0 radical (unpaired) electrons. The zero-order valence-corrected chi connectivity index (χ0v) is 12.2. The number of nitrogens with zero attached hydrogens (tertiary/aromatic N) is 1. The molecule has 1 rings (SSSR count). The summed E-state index contributed by atoms with van der Waals surface area (Å²) in [4.78, 5) is 13.7. The predicted octanol–water partition coefficient (Wildman–Crippen LogP) is 2.38. The van der Waals surface area contributed by atoms with E-state index in [0.29, 0.717) is 13.0 Å². The number of carbonyl (C=O) groups is 1. The molecular formula is C14H22N2OS. The Morgan fingerprint density at radius 3 is 2.67 bits per heavy atom. The van der Waals surface area contributed by atoms with Crippen molar-refractivity contribution in [2.75, 3.05) is 30.5 Å². The summed E-state index contributed by atoms with van der Waals surface area (Å²) in [6, 6.07) is 10.5. The van der Waals surface area contributed by atoms with Gasteiger partial charge in [-0.05, 0) is 25.3 Å². The van der Waals surface area contributed by atoms with Crippen LogP contribution in [-0.4, -0.2) is 37.6 Å². The van der Waals surface area contributed by atoms with Gasteiger partial charge in [0.25, 0.3) is 0 Å². The van der Waals surface area contributed by atoms with Crippen LogP contribution in [-0.2, 0) is 4.79 Å². The standard InChI is InChI=1S/C14H22N2OS/c1-12(11-15-14(17)9-10-18-3)16(2)13-7-5-4-6-8-13/h4-8,12H,9-11H2,1-3H3,(H,15,17)/t12-/m0/s1. The van der Waals surface area contributed by atoms with E-state index < -0.39 is 0 Å². The van der Waals surface area contributed by atoms with E-state index in [9.17, 15) is 4.79 Å². The maximum Gasteiger partial charge on any atom is 0.220 e. The number of para-hydroxylation sites is 1. The zero-order chi connectivity index (χ0) is 13.4. The average molecular weight is 266 g/mol. The summed E-state index contributed by atoms with van der Waals surface area (Å²) in [6.07, 6.45) is 2.61. The molecule has 0 unspecified atom stereocenters. The fourth-order valence-corrected chi connectivity index (χ4v) is 1.99. The van der Waals surface area contributed by atoms with E-state index in [0.717, 1.165) is 5.75 Å². The van der Waals surface area contributed by atoms with Gasteiger partial charge in [-0.15, -0.1) is 0 Å². The van der Waals surface area contributed by atoms with E-state index in [1.807, 2.05) is 31.5 Å². The molecule has 1 N–H and O–H groups in total. The molecule has 3 nitrogen and oxygen atoms in total. The Balaban J connectivity index is 2.36. The van der Waals surface area contributed by atoms with E-state index in [-0.39, 0.29) is 11.9 Å². The minimum absolute atomic E-state index is 0.137. The average Bonchev–Trinajstić information content (AvgIpc) is 2.42. The van der Waals surface area contributed by atoms with E-state index in [2.05, 4.69) is 29.3 Å². The molecule has 0 aliphatic carbocycles. The van der Waals surface area contributed by atoms with E-state index in [1.165, 1.54) is 5.69 Å². The fourth-order valence-electron chi connectivity index (χ4n) is 1.60. The van der Waals surface area contributed by atoms with Crippen LogP contribution in [0.15, 0.2) is 30.3 Å². The van der Waals surface area contributed by atoms with Crippen molar-refractivity contribution in [3.8, 4) is 0 Å². The van der Waals surface area contributed by atoms with Gasteiger partial charge in [0.2, 0.25) is 5.91 Å². The third kappa shape index (κ3) is 5.00. The predicted molar refractivity (Wildman–Crippen MR) is 80.3 cm³/mol. The van der Waals surface area contributed by atoms with Crippen LogP contribution in [0.2, 0.25) is 0 Å². The highest BCUT2D eigenvalue weighted by atomic mass is 32.2. The molecule has 0 fully saturated rings. The second-order valence-corrected chi connectivity index (χ2v) is 5.33. The largest absolute Gasteiger partial charge is 0.370 e. The number of thioether (sulfide) groups is 1. The molecule has 0 heterocycles. The van der Waals surface area contributed by atoms with Gasteiger partial charge in [0.1, 0.15) is 0 Å². The Kier molecular flexibility index (Phi) is 6.65. The fraction of sp³-hybridized carbons (Fsp3) is 0.500. The highest BCUT2D eigenvalue weighted by molar-refractivity contribution is 7.98. The number of benzene rings is 1. The van der Waals surface area contributed by atoms with Gasteiger partial charge in [0.05, 0.1) is 0 Å². The van der Waals surface area contributed by atoms with Crippen molar-refractivity contribution >= 4 is 23.4 Å². The van der Waals surface area contributed by atoms with Crippen LogP contribution in [0.25, 0.3) is 0 Å². The Labute approximate surface area is 114 Å². The van der Waals surface area contributed by atoms with Crippen molar-refractivity contribution in [3.63, 3.8) is 0 Å². The lowest BCUT2D eigenvalue weighted by Crippen LogP contribution is -2.40. The Hall–Kier alpha value is -1.16. The van der Waals surface area contributed by atoms with Gasteiger partial charge >= 0.3 is 0 Å². The molecular weight excluding hydrogens is 244 g/mol. The van der Waals surface area contributed by atoms with Crippen LogP contribution in [0.3, 0.4) is 0 Å². The van der Waals surface area contributed by atoms with E-state index in [4.69, 9.17) is 0 Å². The minimum Gasteiger partial charge on any atom is -0.370 e. The SMILES string of the molecule is CSCCC(=O)NC[C@H](C)N(C)c1ccccc1. The van der Waals surface area contributed by atoms with E-state index in [1.54, 1.807) is 11.8 Å². The second kappa shape index (κ2) is 8.03. The number of nitrogens with one attached hydrogen (secondary N) is 1. The summed E-state index contributed by atoms with van der Waals surface area (Å²) in [5.74, 6) is 1.02. The first-order valence-electron chi connectivity index (χ1n) is 6.18. The number of carbonyl (C=O) groups excluding carboxylic acids is 1. The summed E-state index contributed by atoms with van der Waals surface area (Å²) in [5, 5.41) is 2.97. The summed E-state index contributed by atoms with van der Waals surface area (Å²) in [7, 11) is 2.05. The van der Waals surface area contributed by atoms with Gasteiger partial charge in [-0.25, -0.2) is 0 Å². The van der Waals surface area contributed by atoms with Crippen LogP contribution in [0.5, 0.6) is 0 Å². The van der Waals surface area contributed by atoms with E-state index >= 15 is 0 Å². The minimum atomic E-state index is 0.137. The number of hydrogen-bond acceptors (Lipinski definition) is 3. The smallest absolute Gasteiger partial charge is 0.220 e. The monoisotopic (exact) mass is 266 g/mol. The molecule has 0 spiro atoms. The first-order chi connectivity index (χ1) is 8.65. The van der Waals surface area contributed by atoms with Crippen LogP contribution in [0, 0.1) is 0 Å². The highest BCUT2D eigenvalue weighted by Crippen LogP contribution is 2.13. The molecule has 1 amide bonds. The number of rotatable bonds is 7. The highest BCUT2D eigenvalue weighted by Gasteiger charge is 2.10. The van der Waals surface area contributed by atoms with Crippen molar-refractivity contribution < 1.29 is 4.79 Å². The lowest BCUT2D eigenvalue weighted by molar-refractivity contribution is -0.120. The molecule has 1 aromatic carbocycles. The number of hydrogen-bond donors (Lipinski definition) is 1. The van der Waals surface area contributed by atoms with Gasteiger partial charge in [-0.1, -0.05) is 18.2 Å². The first-order valence-corrected chi connectivity index (χ1v) is 7.58. The lowest BCUT2D eigenvalue weighted by atomic mass is 10.2. The van der Waals surface area contributed by atoms with Gasteiger partial charge < -0.3 is 10.2 Å². The molecule has 0 saturated heterocycles. The molecule has 100 valence electrons. The molecule has 0 saturated carbocycles. The summed E-state index contributed by atoms with van der Waals surface area (Å²) in [5.41, 5.74) is 1.17. The Morgan fingerprint density at radius 1 is 1.39 bits per heavy atom. The zero-order valence-electron chi connectivity index (χ0n) is 11.3. The Bertz CT molecular complexity index is 356. The Morgan fingerprint density at radius 2 is 2.06 bits per heavy atom. The topological polar surface area (TPSA) is 32.3 Å². The van der Waals surface area contributed by atoms with Gasteiger partial charge in [0.15, 0.2) is 0 Å². The molecule has 0 aliphatic heterocycles.